The van der Waals surface area contributed by atoms with Crippen molar-refractivity contribution in [1.82, 2.24) is 19.6 Å². The van der Waals surface area contributed by atoms with Gasteiger partial charge in [0.15, 0.2) is 11.3 Å². The number of hydrogen-bond donors (Lipinski definition) is 4. The number of amides is 4. The zero-order chi connectivity index (χ0) is 35.3. The summed E-state index contributed by atoms with van der Waals surface area (Å²) in [6.45, 7) is 0.0276. The summed E-state index contributed by atoms with van der Waals surface area (Å²) in [5, 5.41) is 0. The number of methoxy groups -OCH3 is 4. The van der Waals surface area contributed by atoms with Crippen LogP contribution < -0.4 is 41.9 Å². The Kier molecular flexibility index (Phi) is 6.63. The van der Waals surface area contributed by atoms with Crippen molar-refractivity contribution in [2.45, 2.75) is 37.5 Å². The van der Waals surface area contributed by atoms with Gasteiger partial charge in [0.1, 0.15) is 45.7 Å². The number of anilines is 4. The molecule has 4 aliphatic rings. The van der Waals surface area contributed by atoms with Crippen molar-refractivity contribution < 1.29 is 28.5 Å². The molecular weight excluding hydrogens is 640 g/mol. The van der Waals surface area contributed by atoms with Crippen LogP contribution in [0, 0.1) is 0 Å². The first kappa shape index (κ1) is 31.1. The molecule has 0 aliphatic carbocycles. The molecule has 0 bridgehead atoms. The van der Waals surface area contributed by atoms with Crippen molar-refractivity contribution in [3.8, 4) is 23.0 Å². The van der Waals surface area contributed by atoms with E-state index in [0.717, 1.165) is 0 Å². The van der Waals surface area contributed by atoms with Crippen LogP contribution in [0.4, 0.5) is 32.3 Å². The van der Waals surface area contributed by atoms with Crippen molar-refractivity contribution in [3.63, 3.8) is 0 Å². The number of hydrogen-bond acceptors (Lipinski definition) is 10. The second kappa shape index (κ2) is 10.7. The van der Waals surface area contributed by atoms with Gasteiger partial charge < -0.3 is 41.9 Å². The van der Waals surface area contributed by atoms with Crippen molar-refractivity contribution in [2.75, 3.05) is 51.4 Å². The van der Waals surface area contributed by atoms with Crippen LogP contribution in [0.1, 0.15) is 33.4 Å². The SMILES string of the molecule is COc1c(N)c(N)c(OC)c2c1CN1C(=O)N3Cc4c(c(OC)c(N)c(N)c4OC)CN4C(=O)N(C2)C1(c1ccccc1)C34c1ccccc1. The lowest BCUT2D eigenvalue weighted by Crippen LogP contribution is -2.62. The molecule has 2 fully saturated rings. The minimum atomic E-state index is -1.46. The van der Waals surface area contributed by atoms with E-state index in [0.29, 0.717) is 56.4 Å². The van der Waals surface area contributed by atoms with Crippen LogP contribution in [0.2, 0.25) is 0 Å². The molecule has 4 heterocycles. The Labute approximate surface area is 288 Å². The largest absolute Gasteiger partial charge is 0.494 e. The van der Waals surface area contributed by atoms with E-state index in [-0.39, 0.29) is 61.0 Å². The first-order valence-corrected chi connectivity index (χ1v) is 16.1. The quantitative estimate of drug-likeness (QED) is 0.217. The lowest BCUT2D eigenvalue weighted by Gasteiger charge is -2.49. The van der Waals surface area contributed by atoms with E-state index in [1.54, 1.807) is 19.6 Å². The molecule has 258 valence electrons. The average molecular weight is 679 g/mol. The molecular formula is C36H38N8O6. The van der Waals surface area contributed by atoms with E-state index in [4.69, 9.17) is 41.9 Å². The Morgan fingerprint density at radius 3 is 0.920 bits per heavy atom. The summed E-state index contributed by atoms with van der Waals surface area (Å²) < 4.78 is 23.5. The molecule has 0 atom stereocenters. The fourth-order valence-electron chi connectivity index (χ4n) is 8.91. The van der Waals surface area contributed by atoms with Gasteiger partial charge in [0.2, 0.25) is 0 Å². The van der Waals surface area contributed by atoms with Crippen LogP contribution in [0.15, 0.2) is 60.7 Å². The van der Waals surface area contributed by atoms with Crippen molar-refractivity contribution >= 4 is 34.8 Å². The molecule has 4 amide bonds. The lowest BCUT2D eigenvalue weighted by atomic mass is 9.79. The number of urea groups is 2. The molecule has 0 spiro atoms. The second-order valence-electron chi connectivity index (χ2n) is 12.7. The van der Waals surface area contributed by atoms with Crippen LogP contribution in [-0.2, 0) is 37.5 Å². The molecule has 4 aromatic carbocycles. The van der Waals surface area contributed by atoms with Crippen LogP contribution >= 0.6 is 0 Å². The van der Waals surface area contributed by atoms with Gasteiger partial charge >= 0.3 is 12.1 Å². The zero-order valence-corrected chi connectivity index (χ0v) is 28.1. The van der Waals surface area contributed by atoms with Gasteiger partial charge in [-0.3, -0.25) is 19.6 Å². The van der Waals surface area contributed by atoms with E-state index in [1.807, 2.05) is 60.7 Å². The third-order valence-corrected chi connectivity index (χ3v) is 10.8. The summed E-state index contributed by atoms with van der Waals surface area (Å²) in [5.41, 5.74) is 27.8. The number of fused-ring (bicyclic) bond motifs is 2. The summed E-state index contributed by atoms with van der Waals surface area (Å²) in [6.07, 6.45) is 0. The smallest absolute Gasteiger partial charge is 0.325 e. The number of carbonyl (C=O) groups is 2. The molecule has 14 nitrogen and oxygen atoms in total. The Morgan fingerprint density at radius 2 is 0.700 bits per heavy atom. The maximum atomic E-state index is 15.6. The maximum Gasteiger partial charge on any atom is 0.325 e. The van der Waals surface area contributed by atoms with Crippen molar-refractivity contribution in [2.24, 2.45) is 0 Å². The summed E-state index contributed by atoms with van der Waals surface area (Å²) in [6, 6.07) is 18.5. The highest BCUT2D eigenvalue weighted by Gasteiger charge is 2.81. The van der Waals surface area contributed by atoms with Gasteiger partial charge in [-0.1, -0.05) is 60.7 Å². The maximum absolute atomic E-state index is 15.6. The van der Waals surface area contributed by atoms with E-state index in [1.165, 1.54) is 28.4 Å². The number of rotatable bonds is 6. The van der Waals surface area contributed by atoms with E-state index in [2.05, 4.69) is 0 Å². The van der Waals surface area contributed by atoms with E-state index < -0.39 is 11.3 Å². The summed E-state index contributed by atoms with van der Waals surface area (Å²) in [5.74, 6) is 1.26. The van der Waals surface area contributed by atoms with Crippen LogP contribution in [0.3, 0.4) is 0 Å². The molecule has 50 heavy (non-hydrogen) atoms. The third kappa shape index (κ3) is 3.42. The number of carbonyl (C=O) groups excluding carboxylic acids is 2. The minimum absolute atomic E-state index is 0.00691. The van der Waals surface area contributed by atoms with Gasteiger partial charge in [-0.15, -0.1) is 0 Å². The third-order valence-electron chi connectivity index (χ3n) is 10.8. The van der Waals surface area contributed by atoms with Crippen molar-refractivity contribution in [1.29, 1.82) is 0 Å². The topological polar surface area (TPSA) is 188 Å². The average Bonchev–Trinajstić information content (AvgIpc) is 3.29. The fourth-order valence-corrected chi connectivity index (χ4v) is 8.91. The van der Waals surface area contributed by atoms with Gasteiger partial charge in [0.05, 0.1) is 54.6 Å². The molecule has 8 N–H and O–H groups in total. The summed E-state index contributed by atoms with van der Waals surface area (Å²) in [7, 11) is 6.00. The van der Waals surface area contributed by atoms with Gasteiger partial charge in [0, 0.05) is 33.4 Å². The predicted molar refractivity (Wildman–Crippen MR) is 186 cm³/mol. The Balaban J connectivity index is 1.54. The minimum Gasteiger partial charge on any atom is -0.494 e. The summed E-state index contributed by atoms with van der Waals surface area (Å²) in [4.78, 5) is 38.1. The standard InChI is InChI=1S/C36H38N8O6/c1-47-29-21-15-41-33(45)43-17-23-24(32(50-4)28(40)27(39)31(23)49-3)18-44-34(46)42(16-22(21)30(48-2)26(38)25(29)37)35(41,19-11-7-5-8-12-19)36(43,44)20-13-9-6-10-14-20/h5-14H,15-18,37-40H2,1-4H3. The Bertz CT molecular complexity index is 1850. The number of nitrogen functional groups attached to an aromatic ring is 4. The number of ether oxygens (including phenoxy) is 4. The van der Waals surface area contributed by atoms with Gasteiger partial charge in [-0.05, 0) is 0 Å². The highest BCUT2D eigenvalue weighted by molar-refractivity contribution is 5.93. The molecule has 14 heteroatoms. The first-order chi connectivity index (χ1) is 24.1. The lowest BCUT2D eigenvalue weighted by molar-refractivity contribution is -0.0795. The Morgan fingerprint density at radius 1 is 0.460 bits per heavy atom. The second-order valence-corrected chi connectivity index (χ2v) is 12.7. The van der Waals surface area contributed by atoms with E-state index in [9.17, 15) is 0 Å². The molecule has 0 aromatic heterocycles. The summed E-state index contributed by atoms with van der Waals surface area (Å²) >= 11 is 0. The molecule has 2 saturated heterocycles. The Hall–Kier alpha value is -6.18. The van der Waals surface area contributed by atoms with Crippen molar-refractivity contribution in [3.05, 3.63) is 94.0 Å². The fraction of sp³-hybridized carbons (Fsp3) is 0.278. The normalized spacial score (nSPS) is 21.7. The zero-order valence-electron chi connectivity index (χ0n) is 28.1. The molecule has 4 aromatic rings. The molecule has 0 radical (unpaired) electrons. The highest BCUT2D eigenvalue weighted by Crippen LogP contribution is 2.67. The number of nitrogens with zero attached hydrogens (tertiary/aromatic N) is 4. The van der Waals surface area contributed by atoms with Crippen LogP contribution in [-0.4, -0.2) is 60.1 Å². The number of benzene rings is 4. The van der Waals surface area contributed by atoms with Crippen LogP contribution in [0.25, 0.3) is 0 Å². The van der Waals surface area contributed by atoms with Crippen LogP contribution in [0.5, 0.6) is 23.0 Å². The molecule has 0 saturated carbocycles. The van der Waals surface area contributed by atoms with Gasteiger partial charge in [0.25, 0.3) is 0 Å². The predicted octanol–water partition coefficient (Wildman–Crippen LogP) is 3.96. The monoisotopic (exact) mass is 678 g/mol. The number of nitrogens with two attached hydrogens (primary N) is 4. The van der Waals surface area contributed by atoms with E-state index >= 15 is 9.59 Å². The van der Waals surface area contributed by atoms with Gasteiger partial charge in [-0.2, -0.15) is 0 Å². The highest BCUT2D eigenvalue weighted by atomic mass is 16.5. The first-order valence-electron chi connectivity index (χ1n) is 16.1. The molecule has 8 rings (SSSR count). The van der Waals surface area contributed by atoms with Gasteiger partial charge in [-0.25, -0.2) is 9.59 Å². The molecule has 0 unspecified atom stereocenters. The molecule has 4 aliphatic heterocycles.